The van der Waals surface area contributed by atoms with Gasteiger partial charge >= 0.3 is 0 Å². The number of nitrogens with zero attached hydrogens (tertiary/aromatic N) is 2. The lowest BCUT2D eigenvalue weighted by Crippen LogP contribution is -2.30. The fourth-order valence-electron chi connectivity index (χ4n) is 3.09. The van der Waals surface area contributed by atoms with Crippen molar-refractivity contribution in [1.82, 2.24) is 15.1 Å². The third kappa shape index (κ3) is 2.55. The molecule has 1 aromatic carbocycles. The van der Waals surface area contributed by atoms with Crippen LogP contribution >= 0.6 is 0 Å². The number of H-pyrrole nitrogens is 1. The van der Waals surface area contributed by atoms with Crippen LogP contribution in [0.3, 0.4) is 0 Å². The molecular formula is C16H19N3O2. The van der Waals surface area contributed by atoms with E-state index in [-0.39, 0.29) is 11.5 Å². The van der Waals surface area contributed by atoms with E-state index in [1.165, 1.54) is 0 Å². The van der Waals surface area contributed by atoms with Gasteiger partial charge in [0.15, 0.2) is 5.69 Å². The molecule has 3 rings (SSSR count). The lowest BCUT2D eigenvalue weighted by molar-refractivity contribution is 0.0781. The zero-order valence-electron chi connectivity index (χ0n) is 12.1. The topological polar surface area (TPSA) is 66.1 Å². The quantitative estimate of drug-likeness (QED) is 0.940. The number of hydrogen-bond acceptors (Lipinski definition) is 3. The number of hydrogen-bond donors (Lipinski definition) is 1. The van der Waals surface area contributed by atoms with E-state index in [1.807, 2.05) is 11.0 Å². The summed E-state index contributed by atoms with van der Waals surface area (Å²) in [6, 6.07) is 7.12. The molecular weight excluding hydrogens is 266 g/mol. The molecule has 21 heavy (non-hydrogen) atoms. The lowest BCUT2D eigenvalue weighted by Gasteiger charge is -2.16. The first-order valence-corrected chi connectivity index (χ1v) is 7.47. The third-order valence-electron chi connectivity index (χ3n) is 4.17. The summed E-state index contributed by atoms with van der Waals surface area (Å²) in [6.45, 7) is 3.74. The van der Waals surface area contributed by atoms with E-state index in [1.54, 1.807) is 18.2 Å². The van der Waals surface area contributed by atoms with Crippen LogP contribution in [-0.2, 0) is 0 Å². The van der Waals surface area contributed by atoms with Crippen molar-refractivity contribution >= 4 is 16.7 Å². The van der Waals surface area contributed by atoms with Crippen molar-refractivity contribution in [2.24, 2.45) is 5.92 Å². The van der Waals surface area contributed by atoms with Gasteiger partial charge in [0, 0.05) is 18.5 Å². The lowest BCUT2D eigenvalue weighted by atomic mass is 10.0. The van der Waals surface area contributed by atoms with Crippen molar-refractivity contribution < 1.29 is 4.79 Å². The summed E-state index contributed by atoms with van der Waals surface area (Å²) in [7, 11) is 0. The highest BCUT2D eigenvalue weighted by Crippen LogP contribution is 2.23. The molecule has 1 aromatic heterocycles. The number of nitrogens with one attached hydrogen (secondary N) is 1. The second kappa shape index (κ2) is 5.68. The highest BCUT2D eigenvalue weighted by atomic mass is 16.2. The van der Waals surface area contributed by atoms with E-state index in [2.05, 4.69) is 17.1 Å². The average Bonchev–Trinajstić information content (AvgIpc) is 2.96. The van der Waals surface area contributed by atoms with Crippen molar-refractivity contribution in [2.75, 3.05) is 13.1 Å². The Labute approximate surface area is 123 Å². The normalized spacial score (nSPS) is 18.3. The average molecular weight is 285 g/mol. The number of carbonyl (C=O) groups excluding carboxylic acids is 1. The minimum Gasteiger partial charge on any atom is -0.337 e. The fraction of sp³-hybridized carbons (Fsp3) is 0.438. The molecule has 2 aromatic rings. The summed E-state index contributed by atoms with van der Waals surface area (Å²) < 4.78 is 0. The monoisotopic (exact) mass is 285 g/mol. The maximum absolute atomic E-state index is 12.7. The summed E-state index contributed by atoms with van der Waals surface area (Å²) in [4.78, 5) is 26.3. The molecule has 0 radical (unpaired) electrons. The van der Waals surface area contributed by atoms with Gasteiger partial charge < -0.3 is 4.90 Å². The molecule has 1 N–H and O–H groups in total. The van der Waals surface area contributed by atoms with E-state index in [0.29, 0.717) is 22.4 Å². The molecule has 0 saturated carbocycles. The van der Waals surface area contributed by atoms with Gasteiger partial charge in [-0.2, -0.15) is 5.10 Å². The molecule has 0 spiro atoms. The first-order chi connectivity index (χ1) is 10.2. The Kier molecular flexibility index (Phi) is 3.73. The third-order valence-corrected chi connectivity index (χ3v) is 4.17. The van der Waals surface area contributed by atoms with Gasteiger partial charge in [-0.1, -0.05) is 31.5 Å². The largest absolute Gasteiger partial charge is 0.337 e. The van der Waals surface area contributed by atoms with Gasteiger partial charge in [0.25, 0.3) is 11.5 Å². The van der Waals surface area contributed by atoms with E-state index < -0.39 is 0 Å². The molecule has 1 amide bonds. The number of aromatic nitrogens is 2. The number of amides is 1. The van der Waals surface area contributed by atoms with Crippen molar-refractivity contribution in [1.29, 1.82) is 0 Å². The van der Waals surface area contributed by atoms with Crippen LogP contribution in [0.5, 0.6) is 0 Å². The Morgan fingerprint density at radius 2 is 2.14 bits per heavy atom. The second-order valence-electron chi connectivity index (χ2n) is 5.64. The minimum atomic E-state index is -0.257. The molecule has 5 nitrogen and oxygen atoms in total. The summed E-state index contributed by atoms with van der Waals surface area (Å²) in [6.07, 6.45) is 3.36. The predicted molar refractivity (Wildman–Crippen MR) is 81.3 cm³/mol. The molecule has 1 aliphatic heterocycles. The molecule has 1 saturated heterocycles. The van der Waals surface area contributed by atoms with Crippen LogP contribution in [0.4, 0.5) is 0 Å². The molecule has 110 valence electrons. The van der Waals surface area contributed by atoms with Gasteiger partial charge in [0.1, 0.15) is 0 Å². The molecule has 0 aliphatic carbocycles. The maximum Gasteiger partial charge on any atom is 0.274 e. The number of benzene rings is 1. The predicted octanol–water partition coefficient (Wildman–Crippen LogP) is 2.19. The Balaban J connectivity index is 1.93. The van der Waals surface area contributed by atoms with Gasteiger partial charge in [-0.3, -0.25) is 9.59 Å². The Morgan fingerprint density at radius 3 is 2.90 bits per heavy atom. The molecule has 1 atom stereocenters. The summed E-state index contributed by atoms with van der Waals surface area (Å²) in [5.74, 6) is 0.508. The van der Waals surface area contributed by atoms with Crippen LogP contribution in [0.1, 0.15) is 36.7 Å². The highest BCUT2D eigenvalue weighted by molar-refractivity contribution is 6.04. The standard InChI is InChI=1S/C16H19N3O2/c1-2-5-11-8-9-19(10-11)16(21)14-12-6-3-4-7-13(12)15(20)18-17-14/h3-4,6-7,11H,2,5,8-10H2,1H3,(H,18,20). The zero-order chi connectivity index (χ0) is 14.8. The van der Waals surface area contributed by atoms with Gasteiger partial charge in [0.05, 0.1) is 5.39 Å². The second-order valence-corrected chi connectivity index (χ2v) is 5.64. The van der Waals surface area contributed by atoms with E-state index in [4.69, 9.17) is 0 Å². The van der Waals surface area contributed by atoms with E-state index in [9.17, 15) is 9.59 Å². The number of aromatic amines is 1. The number of carbonyl (C=O) groups is 1. The fourth-order valence-corrected chi connectivity index (χ4v) is 3.09. The Bertz CT molecular complexity index is 723. The Morgan fingerprint density at radius 1 is 1.38 bits per heavy atom. The van der Waals surface area contributed by atoms with E-state index >= 15 is 0 Å². The first-order valence-electron chi connectivity index (χ1n) is 7.47. The van der Waals surface area contributed by atoms with Crippen LogP contribution in [0, 0.1) is 5.92 Å². The molecule has 5 heteroatoms. The van der Waals surface area contributed by atoms with Crippen molar-refractivity contribution in [3.8, 4) is 0 Å². The van der Waals surface area contributed by atoms with Crippen molar-refractivity contribution in [3.63, 3.8) is 0 Å². The van der Waals surface area contributed by atoms with Crippen LogP contribution < -0.4 is 5.56 Å². The highest BCUT2D eigenvalue weighted by Gasteiger charge is 2.28. The van der Waals surface area contributed by atoms with Crippen LogP contribution in [-0.4, -0.2) is 34.1 Å². The minimum absolute atomic E-state index is 0.0824. The number of rotatable bonds is 3. The van der Waals surface area contributed by atoms with Gasteiger partial charge in [0.2, 0.25) is 0 Å². The van der Waals surface area contributed by atoms with Crippen molar-refractivity contribution in [2.45, 2.75) is 26.2 Å². The van der Waals surface area contributed by atoms with Gasteiger partial charge in [-0.25, -0.2) is 5.10 Å². The first kappa shape index (κ1) is 13.8. The Hall–Kier alpha value is -2.17. The maximum atomic E-state index is 12.7. The van der Waals surface area contributed by atoms with Gasteiger partial charge in [-0.05, 0) is 24.8 Å². The molecule has 0 bridgehead atoms. The van der Waals surface area contributed by atoms with E-state index in [0.717, 1.165) is 32.4 Å². The van der Waals surface area contributed by atoms with Crippen LogP contribution in [0.2, 0.25) is 0 Å². The summed E-state index contributed by atoms with van der Waals surface area (Å²) >= 11 is 0. The van der Waals surface area contributed by atoms with Gasteiger partial charge in [-0.15, -0.1) is 0 Å². The molecule has 2 heterocycles. The smallest absolute Gasteiger partial charge is 0.274 e. The van der Waals surface area contributed by atoms with Crippen molar-refractivity contribution in [3.05, 3.63) is 40.3 Å². The van der Waals surface area contributed by atoms with Crippen LogP contribution in [0.25, 0.3) is 10.8 Å². The van der Waals surface area contributed by atoms with Crippen LogP contribution in [0.15, 0.2) is 29.1 Å². The molecule has 1 unspecified atom stereocenters. The summed E-state index contributed by atoms with van der Waals surface area (Å²) in [5.41, 5.74) is 0.0924. The molecule has 1 fully saturated rings. The number of fused-ring (bicyclic) bond motifs is 1. The molecule has 1 aliphatic rings. The number of likely N-dealkylation sites (tertiary alicyclic amines) is 1. The summed E-state index contributed by atoms with van der Waals surface area (Å²) in [5, 5.41) is 7.57. The SMILES string of the molecule is CCCC1CCN(C(=O)c2n[nH]c(=O)c3ccccc23)C1. The zero-order valence-corrected chi connectivity index (χ0v) is 12.1.